The molecule has 0 fully saturated rings. The van der Waals surface area contributed by atoms with Crippen molar-refractivity contribution in [3.8, 4) is 0 Å². The molecule has 0 aliphatic heterocycles. The number of nitrogens with two attached hydrogens (primary N) is 3. The molecule has 0 aliphatic rings. The van der Waals surface area contributed by atoms with Crippen molar-refractivity contribution in [3.63, 3.8) is 0 Å². The molecule has 0 rings (SSSR count). The van der Waals surface area contributed by atoms with Crippen LogP contribution in [-0.4, -0.2) is 30.3 Å². The first-order valence-corrected chi connectivity index (χ1v) is 2.54. The summed E-state index contributed by atoms with van der Waals surface area (Å²) >= 11 is 0. The summed E-state index contributed by atoms with van der Waals surface area (Å²) < 4.78 is 0. The average Bonchev–Trinajstić information content (AvgIpc) is 1.84. The molecule has 4 nitrogen and oxygen atoms in total. The lowest BCUT2D eigenvalue weighted by molar-refractivity contribution is 0.250. The lowest BCUT2D eigenvalue weighted by atomic mass is 10.1. The van der Waals surface area contributed by atoms with Crippen molar-refractivity contribution in [2.75, 3.05) is 13.2 Å². The van der Waals surface area contributed by atoms with Gasteiger partial charge in [-0.2, -0.15) is 0 Å². The summed E-state index contributed by atoms with van der Waals surface area (Å²) in [4.78, 5) is 0. The minimum Gasteiger partial charge on any atom is -0.395 e. The van der Waals surface area contributed by atoms with E-state index in [0.29, 0.717) is 6.54 Å². The van der Waals surface area contributed by atoms with Crippen molar-refractivity contribution in [1.29, 1.82) is 0 Å². The third-order valence-electron chi connectivity index (χ3n) is 1.03. The van der Waals surface area contributed by atoms with E-state index in [0.717, 1.165) is 0 Å². The van der Waals surface area contributed by atoms with Crippen molar-refractivity contribution in [2.24, 2.45) is 17.2 Å². The van der Waals surface area contributed by atoms with E-state index in [1.807, 2.05) is 0 Å². The Hall–Kier alpha value is -0.160. The van der Waals surface area contributed by atoms with Crippen LogP contribution in [0.3, 0.4) is 0 Å². The Bertz CT molecular complexity index is 51.2. The molecule has 0 aliphatic carbocycles. The smallest absolute Gasteiger partial charge is 0.0598 e. The fourth-order valence-electron chi connectivity index (χ4n) is 0.310. The van der Waals surface area contributed by atoms with Crippen LogP contribution in [0.5, 0.6) is 0 Å². The molecule has 0 saturated heterocycles. The number of hydrogen-bond acceptors (Lipinski definition) is 4. The van der Waals surface area contributed by atoms with E-state index >= 15 is 0 Å². The molecule has 2 unspecified atom stereocenters. The molecule has 0 aromatic carbocycles. The van der Waals surface area contributed by atoms with Gasteiger partial charge < -0.3 is 22.3 Å². The Labute approximate surface area is 48.6 Å². The van der Waals surface area contributed by atoms with Crippen molar-refractivity contribution in [3.05, 3.63) is 0 Å². The second-order valence-corrected chi connectivity index (χ2v) is 1.75. The first-order chi connectivity index (χ1) is 3.72. The Morgan fingerprint density at radius 3 is 1.88 bits per heavy atom. The largest absolute Gasteiger partial charge is 0.395 e. The highest BCUT2D eigenvalue weighted by atomic mass is 16.3. The van der Waals surface area contributed by atoms with Crippen molar-refractivity contribution in [1.82, 2.24) is 0 Å². The van der Waals surface area contributed by atoms with E-state index < -0.39 is 0 Å². The fraction of sp³-hybridized carbons (Fsp3) is 1.00. The fourth-order valence-corrected chi connectivity index (χ4v) is 0.310. The van der Waals surface area contributed by atoms with Crippen LogP contribution in [0.1, 0.15) is 0 Å². The predicted molar refractivity (Wildman–Crippen MR) is 32.1 cm³/mol. The Balaban J connectivity index is 3.29. The molecular formula is C4H13N3O. The van der Waals surface area contributed by atoms with Crippen LogP contribution < -0.4 is 17.2 Å². The number of aliphatic hydroxyl groups is 1. The summed E-state index contributed by atoms with van der Waals surface area (Å²) in [7, 11) is 0. The zero-order valence-electron chi connectivity index (χ0n) is 4.75. The van der Waals surface area contributed by atoms with Gasteiger partial charge in [0.05, 0.1) is 6.61 Å². The lowest BCUT2D eigenvalue weighted by Gasteiger charge is -2.13. The highest BCUT2D eigenvalue weighted by Gasteiger charge is 2.07. The van der Waals surface area contributed by atoms with E-state index in [2.05, 4.69) is 0 Å². The van der Waals surface area contributed by atoms with E-state index in [1.54, 1.807) is 0 Å². The first-order valence-electron chi connectivity index (χ1n) is 2.54. The molecule has 8 heavy (non-hydrogen) atoms. The molecular weight excluding hydrogens is 106 g/mol. The Kier molecular flexibility index (Phi) is 3.72. The lowest BCUT2D eigenvalue weighted by Crippen LogP contribution is -2.48. The monoisotopic (exact) mass is 119 g/mol. The maximum atomic E-state index is 8.38. The van der Waals surface area contributed by atoms with E-state index in [9.17, 15) is 0 Å². The summed E-state index contributed by atoms with van der Waals surface area (Å²) in [6.45, 7) is 0.222. The van der Waals surface area contributed by atoms with Crippen molar-refractivity contribution in [2.45, 2.75) is 12.1 Å². The molecule has 0 heterocycles. The van der Waals surface area contributed by atoms with Gasteiger partial charge in [-0.05, 0) is 0 Å². The number of hydrogen-bond donors (Lipinski definition) is 4. The molecule has 0 radical (unpaired) electrons. The van der Waals surface area contributed by atoms with Crippen molar-refractivity contribution >= 4 is 0 Å². The highest BCUT2D eigenvalue weighted by molar-refractivity contribution is 4.74. The minimum absolute atomic E-state index is 0.0988. The molecule has 0 aromatic rings. The molecule has 0 amide bonds. The van der Waals surface area contributed by atoms with Crippen LogP contribution in [0.15, 0.2) is 0 Å². The number of rotatable bonds is 3. The average molecular weight is 119 g/mol. The van der Waals surface area contributed by atoms with Crippen LogP contribution >= 0.6 is 0 Å². The normalized spacial score (nSPS) is 18.0. The van der Waals surface area contributed by atoms with E-state index in [1.165, 1.54) is 0 Å². The van der Waals surface area contributed by atoms with Gasteiger partial charge in [0.1, 0.15) is 0 Å². The van der Waals surface area contributed by atoms with Crippen LogP contribution in [0, 0.1) is 0 Å². The zero-order chi connectivity index (χ0) is 6.57. The molecule has 2 atom stereocenters. The second kappa shape index (κ2) is 3.80. The summed E-state index contributed by atoms with van der Waals surface area (Å²) in [6.07, 6.45) is 0. The summed E-state index contributed by atoms with van der Waals surface area (Å²) in [6, 6.07) is -0.653. The summed E-state index contributed by atoms with van der Waals surface area (Å²) in [5.41, 5.74) is 15.7. The molecule has 0 spiro atoms. The van der Waals surface area contributed by atoms with Gasteiger partial charge in [0, 0.05) is 18.6 Å². The van der Waals surface area contributed by atoms with Crippen LogP contribution in [-0.2, 0) is 0 Å². The standard InChI is InChI=1S/C4H13N3O/c5-1-3(6)4(7)2-8/h3-4,8H,1-2,5-7H2. The molecule has 7 N–H and O–H groups in total. The van der Waals surface area contributed by atoms with Crippen LogP contribution in [0.25, 0.3) is 0 Å². The first kappa shape index (κ1) is 7.84. The molecule has 50 valence electrons. The molecule has 0 bridgehead atoms. The van der Waals surface area contributed by atoms with E-state index in [-0.39, 0.29) is 18.7 Å². The number of aliphatic hydroxyl groups excluding tert-OH is 1. The molecule has 4 heteroatoms. The van der Waals surface area contributed by atoms with Crippen LogP contribution in [0.4, 0.5) is 0 Å². The maximum absolute atomic E-state index is 8.38. The molecule has 0 saturated carbocycles. The second-order valence-electron chi connectivity index (χ2n) is 1.75. The Morgan fingerprint density at radius 2 is 1.75 bits per heavy atom. The van der Waals surface area contributed by atoms with Gasteiger partial charge in [-0.25, -0.2) is 0 Å². The predicted octanol–water partition coefficient (Wildman–Crippen LogP) is -2.41. The molecule has 0 aromatic heterocycles. The zero-order valence-corrected chi connectivity index (χ0v) is 4.75. The minimum atomic E-state index is -0.375. The van der Waals surface area contributed by atoms with Gasteiger partial charge in [-0.1, -0.05) is 0 Å². The van der Waals surface area contributed by atoms with Gasteiger partial charge in [-0.15, -0.1) is 0 Å². The van der Waals surface area contributed by atoms with Gasteiger partial charge in [-0.3, -0.25) is 0 Å². The van der Waals surface area contributed by atoms with E-state index in [4.69, 9.17) is 22.3 Å². The SMILES string of the molecule is NCC(N)C(N)CO. The third kappa shape index (κ3) is 2.23. The van der Waals surface area contributed by atoms with Crippen LogP contribution in [0.2, 0.25) is 0 Å². The Morgan fingerprint density at radius 1 is 1.25 bits per heavy atom. The quantitative estimate of drug-likeness (QED) is 0.332. The van der Waals surface area contributed by atoms with Gasteiger partial charge >= 0.3 is 0 Å². The summed E-state index contributed by atoms with van der Waals surface area (Å²) in [5.74, 6) is 0. The summed E-state index contributed by atoms with van der Waals surface area (Å²) in [5, 5.41) is 8.38. The van der Waals surface area contributed by atoms with Gasteiger partial charge in [0.15, 0.2) is 0 Å². The topological polar surface area (TPSA) is 98.3 Å². The third-order valence-corrected chi connectivity index (χ3v) is 1.03. The van der Waals surface area contributed by atoms with Gasteiger partial charge in [0.2, 0.25) is 0 Å². The maximum Gasteiger partial charge on any atom is 0.0598 e. The van der Waals surface area contributed by atoms with Crippen molar-refractivity contribution < 1.29 is 5.11 Å². The van der Waals surface area contributed by atoms with Gasteiger partial charge in [0.25, 0.3) is 0 Å². The highest BCUT2D eigenvalue weighted by Crippen LogP contribution is 1.79.